The summed E-state index contributed by atoms with van der Waals surface area (Å²) < 4.78 is 10.4. The Labute approximate surface area is 141 Å². The third kappa shape index (κ3) is 3.74. The lowest BCUT2D eigenvalue weighted by Crippen LogP contribution is -2.16. The van der Waals surface area contributed by atoms with Gasteiger partial charge in [-0.05, 0) is 13.8 Å². The molecule has 9 heteroatoms. The number of nitrogens with zero attached hydrogens (tertiary/aromatic N) is 5. The van der Waals surface area contributed by atoms with Crippen LogP contribution in [0.1, 0.15) is 30.7 Å². The number of anilines is 1. The summed E-state index contributed by atoms with van der Waals surface area (Å²) in [4.78, 5) is 6.65. The predicted octanol–water partition coefficient (Wildman–Crippen LogP) is 3.38. The first kappa shape index (κ1) is 16.0. The van der Waals surface area contributed by atoms with E-state index in [1.807, 2.05) is 25.8 Å². The minimum atomic E-state index is 0.0318. The molecule has 0 aromatic carbocycles. The second-order valence-electron chi connectivity index (χ2n) is 4.91. The van der Waals surface area contributed by atoms with E-state index in [0.717, 1.165) is 20.8 Å². The molecule has 0 amide bonds. The molecule has 0 spiro atoms. The normalized spacial score (nSPS) is 12.5. The van der Waals surface area contributed by atoms with Gasteiger partial charge in [-0.1, -0.05) is 16.5 Å². The summed E-state index contributed by atoms with van der Waals surface area (Å²) in [5, 5.41) is 16.8. The van der Waals surface area contributed by atoms with E-state index in [0.29, 0.717) is 18.8 Å². The quantitative estimate of drug-likeness (QED) is 0.645. The maximum Gasteiger partial charge on any atom is 0.208 e. The van der Waals surface area contributed by atoms with E-state index in [-0.39, 0.29) is 6.10 Å². The Morgan fingerprint density at radius 3 is 3.00 bits per heavy atom. The summed E-state index contributed by atoms with van der Waals surface area (Å²) in [6.07, 6.45) is 1.56. The summed E-state index contributed by atoms with van der Waals surface area (Å²) >= 11 is 3.09. The van der Waals surface area contributed by atoms with Crippen LogP contribution in [0.25, 0.3) is 10.7 Å². The van der Waals surface area contributed by atoms with Gasteiger partial charge in [0.25, 0.3) is 0 Å². The molecule has 0 aliphatic heterocycles. The van der Waals surface area contributed by atoms with Gasteiger partial charge in [-0.15, -0.1) is 21.5 Å². The minimum Gasteiger partial charge on any atom is -0.372 e. The van der Waals surface area contributed by atoms with E-state index >= 15 is 0 Å². The third-order valence-electron chi connectivity index (χ3n) is 3.13. The SMILES string of the molecule is CCOC(C)c1nc(CN(C)c2nnc(-c3ccon3)s2)cs1. The highest BCUT2D eigenvalue weighted by atomic mass is 32.1. The molecule has 0 aliphatic carbocycles. The lowest BCUT2D eigenvalue weighted by Gasteiger charge is -2.13. The maximum absolute atomic E-state index is 5.57. The zero-order valence-corrected chi connectivity index (χ0v) is 14.7. The fourth-order valence-corrected chi connectivity index (χ4v) is 3.59. The van der Waals surface area contributed by atoms with Crippen molar-refractivity contribution in [1.29, 1.82) is 0 Å². The average Bonchev–Trinajstić information content (AvgIpc) is 3.28. The molecule has 1 unspecified atom stereocenters. The van der Waals surface area contributed by atoms with Crippen LogP contribution in [-0.4, -0.2) is 34.0 Å². The van der Waals surface area contributed by atoms with Crippen LogP contribution in [0.4, 0.5) is 5.13 Å². The van der Waals surface area contributed by atoms with Gasteiger partial charge in [0.2, 0.25) is 5.13 Å². The van der Waals surface area contributed by atoms with E-state index in [1.165, 1.54) is 17.6 Å². The molecule has 0 N–H and O–H groups in total. The van der Waals surface area contributed by atoms with Crippen molar-refractivity contribution in [1.82, 2.24) is 20.3 Å². The molecule has 3 aromatic heterocycles. The number of hydrogen-bond donors (Lipinski definition) is 0. The lowest BCUT2D eigenvalue weighted by molar-refractivity contribution is 0.0761. The Kier molecular flexibility index (Phi) is 4.99. The molecule has 122 valence electrons. The number of aromatic nitrogens is 4. The van der Waals surface area contributed by atoms with Crippen molar-refractivity contribution in [2.45, 2.75) is 26.5 Å². The highest BCUT2D eigenvalue weighted by molar-refractivity contribution is 7.18. The molecule has 23 heavy (non-hydrogen) atoms. The van der Waals surface area contributed by atoms with Gasteiger partial charge in [0.05, 0.1) is 12.2 Å². The fraction of sp³-hybridized carbons (Fsp3) is 0.429. The summed E-state index contributed by atoms with van der Waals surface area (Å²) in [6.45, 7) is 5.36. The van der Waals surface area contributed by atoms with Crippen molar-refractivity contribution in [3.8, 4) is 10.7 Å². The van der Waals surface area contributed by atoms with Gasteiger partial charge in [-0.3, -0.25) is 0 Å². The molecule has 3 rings (SSSR count). The first-order valence-corrected chi connectivity index (χ1v) is 8.88. The van der Waals surface area contributed by atoms with E-state index in [4.69, 9.17) is 9.26 Å². The van der Waals surface area contributed by atoms with Crippen LogP contribution < -0.4 is 4.90 Å². The van der Waals surface area contributed by atoms with Crippen LogP contribution in [0, 0.1) is 0 Å². The largest absolute Gasteiger partial charge is 0.372 e. The van der Waals surface area contributed by atoms with E-state index in [2.05, 4.69) is 25.7 Å². The van der Waals surface area contributed by atoms with Gasteiger partial charge < -0.3 is 14.2 Å². The van der Waals surface area contributed by atoms with Crippen LogP contribution in [0.15, 0.2) is 22.2 Å². The van der Waals surface area contributed by atoms with Crippen LogP contribution in [0.2, 0.25) is 0 Å². The molecule has 0 saturated carbocycles. The van der Waals surface area contributed by atoms with Crippen molar-refractivity contribution >= 4 is 27.8 Å². The fourth-order valence-electron chi connectivity index (χ4n) is 2.01. The standard InChI is InChI=1S/C14H17N5O2S2/c1-4-20-9(2)12-15-10(8-22-12)7-19(3)14-17-16-13(23-14)11-5-6-21-18-11/h5-6,8-9H,4,7H2,1-3H3. The smallest absolute Gasteiger partial charge is 0.208 e. The Hall–Kier alpha value is -1.84. The second-order valence-corrected chi connectivity index (χ2v) is 6.75. The molecule has 0 fully saturated rings. The molecular weight excluding hydrogens is 334 g/mol. The van der Waals surface area contributed by atoms with Gasteiger partial charge in [0.1, 0.15) is 23.1 Å². The monoisotopic (exact) mass is 351 g/mol. The average molecular weight is 351 g/mol. The molecule has 3 aromatic rings. The van der Waals surface area contributed by atoms with E-state index < -0.39 is 0 Å². The van der Waals surface area contributed by atoms with Crippen molar-refractivity contribution < 1.29 is 9.26 Å². The minimum absolute atomic E-state index is 0.0318. The molecular formula is C14H17N5O2S2. The summed E-state index contributed by atoms with van der Waals surface area (Å²) in [5.74, 6) is 0. The third-order valence-corrected chi connectivity index (χ3v) is 5.25. The molecule has 0 bridgehead atoms. The molecule has 3 heterocycles. The van der Waals surface area contributed by atoms with Gasteiger partial charge in [0, 0.05) is 25.1 Å². The van der Waals surface area contributed by atoms with Crippen LogP contribution in [-0.2, 0) is 11.3 Å². The molecule has 0 radical (unpaired) electrons. The van der Waals surface area contributed by atoms with Gasteiger partial charge >= 0.3 is 0 Å². The highest BCUT2D eigenvalue weighted by Gasteiger charge is 2.15. The molecule has 0 aliphatic rings. The van der Waals surface area contributed by atoms with Crippen LogP contribution in [0.3, 0.4) is 0 Å². The Morgan fingerprint density at radius 2 is 2.26 bits per heavy atom. The predicted molar refractivity (Wildman–Crippen MR) is 89.7 cm³/mol. The first-order chi connectivity index (χ1) is 11.2. The summed E-state index contributed by atoms with van der Waals surface area (Å²) in [5.41, 5.74) is 1.70. The van der Waals surface area contributed by atoms with Crippen molar-refractivity contribution in [2.75, 3.05) is 18.6 Å². The Bertz CT molecular complexity index is 740. The Balaban J connectivity index is 1.66. The summed E-state index contributed by atoms with van der Waals surface area (Å²) in [6, 6.07) is 1.77. The van der Waals surface area contributed by atoms with Gasteiger partial charge in [-0.2, -0.15) is 0 Å². The van der Waals surface area contributed by atoms with Crippen molar-refractivity contribution in [2.24, 2.45) is 0 Å². The lowest BCUT2D eigenvalue weighted by atomic mass is 10.4. The van der Waals surface area contributed by atoms with Gasteiger partial charge in [0.15, 0.2) is 5.01 Å². The van der Waals surface area contributed by atoms with Crippen molar-refractivity contribution in [3.05, 3.63) is 28.4 Å². The van der Waals surface area contributed by atoms with E-state index in [1.54, 1.807) is 17.4 Å². The van der Waals surface area contributed by atoms with Crippen molar-refractivity contribution in [3.63, 3.8) is 0 Å². The topological polar surface area (TPSA) is 77.2 Å². The number of thiazole rings is 1. The van der Waals surface area contributed by atoms with Crippen LogP contribution >= 0.6 is 22.7 Å². The Morgan fingerprint density at radius 1 is 1.39 bits per heavy atom. The number of ether oxygens (including phenoxy) is 1. The summed E-state index contributed by atoms with van der Waals surface area (Å²) in [7, 11) is 1.97. The number of hydrogen-bond acceptors (Lipinski definition) is 9. The van der Waals surface area contributed by atoms with E-state index in [9.17, 15) is 0 Å². The maximum atomic E-state index is 5.57. The highest BCUT2D eigenvalue weighted by Crippen LogP contribution is 2.28. The molecule has 7 nitrogen and oxygen atoms in total. The first-order valence-electron chi connectivity index (χ1n) is 7.18. The zero-order valence-electron chi connectivity index (χ0n) is 13.1. The molecule has 0 saturated heterocycles. The van der Waals surface area contributed by atoms with Gasteiger partial charge in [-0.25, -0.2) is 4.98 Å². The van der Waals surface area contributed by atoms with Crippen LogP contribution in [0.5, 0.6) is 0 Å². The molecule has 1 atom stereocenters. The number of rotatable bonds is 7. The second kappa shape index (κ2) is 7.16. The zero-order chi connectivity index (χ0) is 16.2.